The smallest absolute Gasteiger partial charge is 0.348 e. The number of ether oxygens (including phenoxy) is 2. The van der Waals surface area contributed by atoms with Gasteiger partial charge in [0.2, 0.25) is 5.91 Å². The molecular formula is C27H33NO5S. The largest absolute Gasteiger partial charge is 0.462 e. The zero-order valence-corrected chi connectivity index (χ0v) is 21.1. The zero-order valence-electron chi connectivity index (χ0n) is 20.3. The lowest BCUT2D eigenvalue weighted by molar-refractivity contribution is -0.111. The predicted molar refractivity (Wildman–Crippen MR) is 135 cm³/mol. The standard InChI is InChI=1S/C27H33NO5S/c1-5-32-26(30)23-18(4)24(27(31)33-21-9-7-6-8-10-21)34-25(23)28-22(29)16-13-19-11-14-20(15-12-19)17(2)3/h11-17,21H,5-10H2,1-4H3,(H,28,29)/b16-13+. The third-order valence-corrected chi connectivity index (χ3v) is 7.09. The van der Waals surface area contributed by atoms with Crippen LogP contribution in [0.25, 0.3) is 6.08 Å². The second kappa shape index (κ2) is 12.0. The molecule has 1 aromatic carbocycles. The van der Waals surface area contributed by atoms with Crippen molar-refractivity contribution in [1.82, 2.24) is 0 Å². The summed E-state index contributed by atoms with van der Waals surface area (Å²) >= 11 is 1.05. The molecule has 2 aromatic rings. The normalized spacial score (nSPS) is 14.4. The molecule has 1 aliphatic carbocycles. The van der Waals surface area contributed by atoms with E-state index in [0.717, 1.165) is 49.0 Å². The van der Waals surface area contributed by atoms with Crippen molar-refractivity contribution in [2.45, 2.75) is 71.8 Å². The first-order valence-corrected chi connectivity index (χ1v) is 12.7. The highest BCUT2D eigenvalue weighted by atomic mass is 32.1. The Morgan fingerprint density at radius 2 is 1.76 bits per heavy atom. The monoisotopic (exact) mass is 483 g/mol. The third kappa shape index (κ3) is 6.56. The average molecular weight is 484 g/mol. The molecule has 0 spiro atoms. The quantitative estimate of drug-likeness (QED) is 0.342. The molecular weight excluding hydrogens is 450 g/mol. The van der Waals surface area contributed by atoms with Crippen LogP contribution in [0.3, 0.4) is 0 Å². The number of thiophene rings is 1. The second-order valence-electron chi connectivity index (χ2n) is 8.79. The fraction of sp³-hybridized carbons (Fsp3) is 0.444. The molecule has 7 heteroatoms. The van der Waals surface area contributed by atoms with Gasteiger partial charge in [0.25, 0.3) is 0 Å². The Balaban J connectivity index is 1.78. The SMILES string of the molecule is CCOC(=O)c1c(NC(=O)/C=C/c2ccc(C(C)C)cc2)sc(C(=O)OC2CCCCC2)c1C. The minimum Gasteiger partial charge on any atom is -0.462 e. The highest BCUT2D eigenvalue weighted by Gasteiger charge is 2.28. The number of rotatable bonds is 8. The predicted octanol–water partition coefficient (Wildman–Crippen LogP) is 6.50. The van der Waals surface area contributed by atoms with Crippen LogP contribution in [-0.4, -0.2) is 30.6 Å². The van der Waals surface area contributed by atoms with E-state index in [0.29, 0.717) is 16.4 Å². The number of nitrogens with one attached hydrogen (secondary N) is 1. The van der Waals surface area contributed by atoms with Gasteiger partial charge in [-0.05, 0) is 68.2 Å². The average Bonchev–Trinajstić information content (AvgIpc) is 3.14. The van der Waals surface area contributed by atoms with Gasteiger partial charge in [0, 0.05) is 6.08 Å². The summed E-state index contributed by atoms with van der Waals surface area (Å²) in [6, 6.07) is 7.98. The number of anilines is 1. The fourth-order valence-electron chi connectivity index (χ4n) is 3.95. The van der Waals surface area contributed by atoms with Crippen molar-refractivity contribution in [3.63, 3.8) is 0 Å². The van der Waals surface area contributed by atoms with Crippen molar-refractivity contribution < 1.29 is 23.9 Å². The summed E-state index contributed by atoms with van der Waals surface area (Å²) in [6.07, 6.45) is 7.98. The highest BCUT2D eigenvalue weighted by Crippen LogP contribution is 2.35. The maximum absolute atomic E-state index is 12.9. The van der Waals surface area contributed by atoms with Crippen LogP contribution in [0.2, 0.25) is 0 Å². The Morgan fingerprint density at radius 3 is 2.38 bits per heavy atom. The topological polar surface area (TPSA) is 81.7 Å². The van der Waals surface area contributed by atoms with Gasteiger partial charge in [-0.3, -0.25) is 4.79 Å². The summed E-state index contributed by atoms with van der Waals surface area (Å²) in [6.45, 7) is 7.84. The van der Waals surface area contributed by atoms with Crippen molar-refractivity contribution in [2.24, 2.45) is 0 Å². The summed E-state index contributed by atoms with van der Waals surface area (Å²) in [7, 11) is 0. The lowest BCUT2D eigenvalue weighted by Gasteiger charge is -2.21. The van der Waals surface area contributed by atoms with E-state index in [2.05, 4.69) is 19.2 Å². The Hall–Kier alpha value is -2.93. The molecule has 0 radical (unpaired) electrons. The van der Waals surface area contributed by atoms with Crippen LogP contribution >= 0.6 is 11.3 Å². The van der Waals surface area contributed by atoms with Gasteiger partial charge in [-0.25, -0.2) is 9.59 Å². The van der Waals surface area contributed by atoms with Crippen LogP contribution < -0.4 is 5.32 Å². The van der Waals surface area contributed by atoms with Crippen molar-refractivity contribution in [1.29, 1.82) is 0 Å². The molecule has 1 saturated carbocycles. The molecule has 0 unspecified atom stereocenters. The first-order valence-electron chi connectivity index (χ1n) is 11.9. The fourth-order valence-corrected chi connectivity index (χ4v) is 5.03. The number of amides is 1. The molecule has 1 aliphatic rings. The molecule has 0 bridgehead atoms. The van der Waals surface area contributed by atoms with Crippen LogP contribution in [0.1, 0.15) is 95.5 Å². The summed E-state index contributed by atoms with van der Waals surface area (Å²) in [5.74, 6) is -0.992. The van der Waals surface area contributed by atoms with Crippen LogP contribution in [-0.2, 0) is 14.3 Å². The first-order chi connectivity index (χ1) is 16.3. The highest BCUT2D eigenvalue weighted by molar-refractivity contribution is 7.18. The van der Waals surface area contributed by atoms with Gasteiger partial charge in [-0.1, -0.05) is 44.5 Å². The van der Waals surface area contributed by atoms with E-state index >= 15 is 0 Å². The second-order valence-corrected chi connectivity index (χ2v) is 9.81. The van der Waals surface area contributed by atoms with Gasteiger partial charge in [-0.15, -0.1) is 11.3 Å². The van der Waals surface area contributed by atoms with E-state index in [-0.39, 0.29) is 23.3 Å². The lowest BCUT2D eigenvalue weighted by Crippen LogP contribution is -2.21. The minimum absolute atomic E-state index is 0.100. The Kier molecular flexibility index (Phi) is 9.05. The number of benzene rings is 1. The van der Waals surface area contributed by atoms with Gasteiger partial charge < -0.3 is 14.8 Å². The van der Waals surface area contributed by atoms with E-state index in [1.54, 1.807) is 19.9 Å². The summed E-state index contributed by atoms with van der Waals surface area (Å²) in [4.78, 5) is 38.4. The number of hydrogen-bond acceptors (Lipinski definition) is 6. The van der Waals surface area contributed by atoms with Gasteiger partial charge in [0.1, 0.15) is 16.0 Å². The van der Waals surface area contributed by atoms with E-state index in [4.69, 9.17) is 9.47 Å². The molecule has 0 aliphatic heterocycles. The van der Waals surface area contributed by atoms with Gasteiger partial charge in [-0.2, -0.15) is 0 Å². The summed E-state index contributed by atoms with van der Waals surface area (Å²) < 4.78 is 10.9. The maximum Gasteiger partial charge on any atom is 0.348 e. The molecule has 1 fully saturated rings. The number of hydrogen-bond donors (Lipinski definition) is 1. The molecule has 1 amide bonds. The van der Waals surface area contributed by atoms with Gasteiger partial charge in [0.15, 0.2) is 0 Å². The first kappa shape index (κ1) is 25.7. The molecule has 34 heavy (non-hydrogen) atoms. The van der Waals surface area contributed by atoms with E-state index < -0.39 is 17.8 Å². The van der Waals surface area contributed by atoms with Crippen molar-refractivity contribution >= 4 is 40.3 Å². The van der Waals surface area contributed by atoms with Crippen LogP contribution in [0, 0.1) is 6.92 Å². The third-order valence-electron chi connectivity index (χ3n) is 5.90. The zero-order chi connectivity index (χ0) is 24.7. The number of carbonyl (C=O) groups is 3. The molecule has 1 aromatic heterocycles. The molecule has 0 saturated heterocycles. The van der Waals surface area contributed by atoms with E-state index in [9.17, 15) is 14.4 Å². The molecule has 6 nitrogen and oxygen atoms in total. The van der Waals surface area contributed by atoms with E-state index in [1.807, 2.05) is 24.3 Å². The minimum atomic E-state index is -0.573. The van der Waals surface area contributed by atoms with Gasteiger partial charge >= 0.3 is 11.9 Å². The maximum atomic E-state index is 12.9. The van der Waals surface area contributed by atoms with Crippen LogP contribution in [0.4, 0.5) is 5.00 Å². The Morgan fingerprint density at radius 1 is 1.09 bits per heavy atom. The van der Waals surface area contributed by atoms with Crippen LogP contribution in [0.5, 0.6) is 0 Å². The van der Waals surface area contributed by atoms with Crippen molar-refractivity contribution in [3.8, 4) is 0 Å². The number of esters is 2. The number of carbonyl (C=O) groups excluding carboxylic acids is 3. The lowest BCUT2D eigenvalue weighted by atomic mass is 9.98. The Bertz CT molecular complexity index is 1050. The van der Waals surface area contributed by atoms with Gasteiger partial charge in [0.05, 0.1) is 12.2 Å². The molecule has 1 heterocycles. The molecule has 1 N–H and O–H groups in total. The van der Waals surface area contributed by atoms with Crippen LogP contribution in [0.15, 0.2) is 30.3 Å². The summed E-state index contributed by atoms with van der Waals surface area (Å²) in [5, 5.41) is 3.04. The van der Waals surface area contributed by atoms with Crippen molar-refractivity contribution in [2.75, 3.05) is 11.9 Å². The Labute approximate surface area is 205 Å². The molecule has 3 rings (SSSR count). The van der Waals surface area contributed by atoms with E-state index in [1.165, 1.54) is 11.6 Å². The summed E-state index contributed by atoms with van der Waals surface area (Å²) in [5.41, 5.74) is 2.78. The van der Waals surface area contributed by atoms with Crippen molar-refractivity contribution in [3.05, 3.63) is 57.5 Å². The molecule has 182 valence electrons. The molecule has 0 atom stereocenters.